The summed E-state index contributed by atoms with van der Waals surface area (Å²) in [5, 5.41) is 13.4. The molecule has 2 N–H and O–H groups in total. The monoisotopic (exact) mass is 466 g/mol. The van der Waals surface area contributed by atoms with E-state index < -0.39 is 6.61 Å². The van der Waals surface area contributed by atoms with Gasteiger partial charge in [-0.05, 0) is 38.1 Å². The Kier molecular flexibility index (Phi) is 7.88. The molecule has 2 aromatic rings. The minimum absolute atomic E-state index is 0.0231. The molecule has 32 heavy (non-hydrogen) atoms. The van der Waals surface area contributed by atoms with Gasteiger partial charge in [0, 0.05) is 48.9 Å². The SMILES string of the molecule is CN(CCC#N)C1CCN(C(=O)Cn2cc(N)c(-c3cc(Cl)ccc3OC(F)F)n2)CC1. The zero-order chi connectivity index (χ0) is 23.3. The molecule has 1 saturated heterocycles. The molecule has 0 bridgehead atoms. The first-order valence-corrected chi connectivity index (χ1v) is 10.6. The van der Waals surface area contributed by atoms with E-state index in [9.17, 15) is 13.6 Å². The second-order valence-electron chi connectivity index (χ2n) is 7.65. The number of nitriles is 1. The van der Waals surface area contributed by atoms with Crippen molar-refractivity contribution in [3.05, 3.63) is 29.4 Å². The third-order valence-electron chi connectivity index (χ3n) is 5.52. The molecule has 2 heterocycles. The summed E-state index contributed by atoms with van der Waals surface area (Å²) in [6.07, 6.45) is 3.63. The topological polar surface area (TPSA) is 100 Å². The van der Waals surface area contributed by atoms with Crippen molar-refractivity contribution < 1.29 is 18.3 Å². The van der Waals surface area contributed by atoms with E-state index in [2.05, 4.69) is 20.8 Å². The van der Waals surface area contributed by atoms with Crippen LogP contribution in [0.15, 0.2) is 24.4 Å². The minimum Gasteiger partial charge on any atom is -0.434 e. The molecule has 1 aliphatic rings. The predicted octanol–water partition coefficient (Wildman–Crippen LogP) is 3.22. The molecule has 0 radical (unpaired) electrons. The van der Waals surface area contributed by atoms with E-state index in [1.165, 1.54) is 29.1 Å². The summed E-state index contributed by atoms with van der Waals surface area (Å²) in [5.74, 6) is -0.206. The van der Waals surface area contributed by atoms with E-state index in [0.29, 0.717) is 37.1 Å². The van der Waals surface area contributed by atoms with Gasteiger partial charge in [-0.1, -0.05) is 11.6 Å². The van der Waals surface area contributed by atoms with Crippen LogP contribution in [0.2, 0.25) is 5.02 Å². The number of halogens is 3. The maximum absolute atomic E-state index is 12.8. The van der Waals surface area contributed by atoms with Crippen LogP contribution in [-0.4, -0.2) is 64.8 Å². The zero-order valence-corrected chi connectivity index (χ0v) is 18.4. The first kappa shape index (κ1) is 23.8. The van der Waals surface area contributed by atoms with E-state index in [1.54, 1.807) is 4.90 Å². The number of alkyl halides is 2. The molecule has 1 aromatic heterocycles. The molecule has 172 valence electrons. The van der Waals surface area contributed by atoms with Gasteiger partial charge in [-0.3, -0.25) is 9.48 Å². The van der Waals surface area contributed by atoms with E-state index in [-0.39, 0.29) is 35.1 Å². The van der Waals surface area contributed by atoms with Crippen molar-refractivity contribution in [2.75, 3.05) is 32.4 Å². The Morgan fingerprint density at radius 3 is 2.81 bits per heavy atom. The number of nitrogen functional groups attached to an aromatic ring is 1. The summed E-state index contributed by atoms with van der Waals surface area (Å²) >= 11 is 6.01. The van der Waals surface area contributed by atoms with Crippen LogP contribution in [0.5, 0.6) is 5.75 Å². The number of ether oxygens (including phenoxy) is 1. The lowest BCUT2D eigenvalue weighted by molar-refractivity contribution is -0.133. The number of likely N-dealkylation sites (tertiary alicyclic amines) is 1. The molecule has 0 aliphatic carbocycles. The zero-order valence-electron chi connectivity index (χ0n) is 17.7. The van der Waals surface area contributed by atoms with Crippen molar-refractivity contribution in [1.29, 1.82) is 5.26 Å². The van der Waals surface area contributed by atoms with Gasteiger partial charge in [-0.2, -0.15) is 19.1 Å². The average Bonchev–Trinajstić information content (AvgIpc) is 3.12. The summed E-state index contributed by atoms with van der Waals surface area (Å²) in [6, 6.07) is 6.69. The summed E-state index contributed by atoms with van der Waals surface area (Å²) in [4.78, 5) is 16.7. The maximum Gasteiger partial charge on any atom is 0.387 e. The molecule has 0 spiro atoms. The van der Waals surface area contributed by atoms with Crippen molar-refractivity contribution in [1.82, 2.24) is 19.6 Å². The lowest BCUT2D eigenvalue weighted by atomic mass is 10.0. The van der Waals surface area contributed by atoms with Gasteiger partial charge in [0.05, 0.1) is 11.8 Å². The number of anilines is 1. The van der Waals surface area contributed by atoms with Gasteiger partial charge in [0.2, 0.25) is 5.91 Å². The Morgan fingerprint density at radius 2 is 2.16 bits per heavy atom. The third kappa shape index (κ3) is 5.87. The van der Waals surface area contributed by atoms with Crippen LogP contribution in [0.25, 0.3) is 11.3 Å². The molecule has 0 atom stereocenters. The normalized spacial score (nSPS) is 14.7. The van der Waals surface area contributed by atoms with Gasteiger partial charge in [0.1, 0.15) is 18.0 Å². The van der Waals surface area contributed by atoms with Crippen molar-refractivity contribution in [3.8, 4) is 23.1 Å². The van der Waals surface area contributed by atoms with Gasteiger partial charge in [-0.25, -0.2) is 0 Å². The van der Waals surface area contributed by atoms with E-state index >= 15 is 0 Å². The Balaban J connectivity index is 1.66. The number of amides is 1. The van der Waals surface area contributed by atoms with Crippen molar-refractivity contribution in [2.24, 2.45) is 0 Å². The van der Waals surface area contributed by atoms with Crippen LogP contribution in [0.1, 0.15) is 19.3 Å². The summed E-state index contributed by atoms with van der Waals surface area (Å²) < 4.78 is 31.5. The number of hydrogen-bond donors (Lipinski definition) is 1. The fourth-order valence-electron chi connectivity index (χ4n) is 3.82. The Morgan fingerprint density at radius 1 is 1.44 bits per heavy atom. The highest BCUT2D eigenvalue weighted by atomic mass is 35.5. The van der Waals surface area contributed by atoms with Gasteiger partial charge in [0.25, 0.3) is 0 Å². The minimum atomic E-state index is -3.01. The molecule has 3 rings (SSSR count). The number of aromatic nitrogens is 2. The fraction of sp³-hybridized carbons (Fsp3) is 0.476. The molecule has 11 heteroatoms. The van der Waals surface area contributed by atoms with Gasteiger partial charge in [0.15, 0.2) is 0 Å². The van der Waals surface area contributed by atoms with E-state index in [1.807, 2.05) is 7.05 Å². The second kappa shape index (κ2) is 10.6. The van der Waals surface area contributed by atoms with Crippen LogP contribution in [-0.2, 0) is 11.3 Å². The highest BCUT2D eigenvalue weighted by Gasteiger charge is 2.26. The predicted molar refractivity (Wildman–Crippen MR) is 116 cm³/mol. The Bertz CT molecular complexity index is 985. The number of piperidine rings is 1. The molecule has 1 fully saturated rings. The lowest BCUT2D eigenvalue weighted by Crippen LogP contribution is -2.46. The third-order valence-corrected chi connectivity index (χ3v) is 5.75. The largest absolute Gasteiger partial charge is 0.434 e. The van der Waals surface area contributed by atoms with Crippen molar-refractivity contribution in [3.63, 3.8) is 0 Å². The average molecular weight is 467 g/mol. The molecule has 1 aliphatic heterocycles. The maximum atomic E-state index is 12.8. The molecule has 1 aromatic carbocycles. The van der Waals surface area contributed by atoms with Crippen LogP contribution in [0, 0.1) is 11.3 Å². The molecular weight excluding hydrogens is 442 g/mol. The fourth-order valence-corrected chi connectivity index (χ4v) is 3.99. The molecule has 0 unspecified atom stereocenters. The first-order chi connectivity index (χ1) is 15.3. The molecular formula is C21H25ClF2N6O2. The summed E-state index contributed by atoms with van der Waals surface area (Å²) in [7, 11) is 2.00. The number of hydrogen-bond acceptors (Lipinski definition) is 6. The van der Waals surface area contributed by atoms with Crippen LogP contribution in [0.3, 0.4) is 0 Å². The molecule has 0 saturated carbocycles. The number of benzene rings is 1. The van der Waals surface area contributed by atoms with Crippen LogP contribution < -0.4 is 10.5 Å². The lowest BCUT2D eigenvalue weighted by Gasteiger charge is -2.36. The first-order valence-electron chi connectivity index (χ1n) is 10.2. The van der Waals surface area contributed by atoms with Crippen LogP contribution >= 0.6 is 11.6 Å². The number of nitrogens with zero attached hydrogens (tertiary/aromatic N) is 5. The van der Waals surface area contributed by atoms with Gasteiger partial charge in [-0.15, -0.1) is 0 Å². The number of carbonyl (C=O) groups is 1. The van der Waals surface area contributed by atoms with Gasteiger partial charge < -0.3 is 20.3 Å². The highest BCUT2D eigenvalue weighted by molar-refractivity contribution is 6.31. The molecule has 1 amide bonds. The van der Waals surface area contributed by atoms with Crippen molar-refractivity contribution >= 4 is 23.2 Å². The Labute approximate surface area is 190 Å². The Hall–Kier alpha value is -2.90. The smallest absolute Gasteiger partial charge is 0.387 e. The standard InChI is InChI=1S/C21H25ClF2N6O2/c1-28(8-2-7-25)15-5-9-29(10-6-15)19(31)13-30-12-17(26)20(27-30)16-11-14(22)3-4-18(16)32-21(23)24/h3-4,11-12,15,21H,2,5-6,8-10,13,26H2,1H3. The number of rotatable bonds is 8. The second-order valence-corrected chi connectivity index (χ2v) is 8.09. The molecule has 8 nitrogen and oxygen atoms in total. The van der Waals surface area contributed by atoms with E-state index in [0.717, 1.165) is 12.8 Å². The van der Waals surface area contributed by atoms with Crippen molar-refractivity contribution in [2.45, 2.75) is 38.5 Å². The van der Waals surface area contributed by atoms with E-state index in [4.69, 9.17) is 22.6 Å². The number of carbonyl (C=O) groups excluding carboxylic acids is 1. The quantitative estimate of drug-likeness (QED) is 0.641. The van der Waals surface area contributed by atoms with Crippen LogP contribution in [0.4, 0.5) is 14.5 Å². The summed E-state index contributed by atoms with van der Waals surface area (Å²) in [6.45, 7) is -1.09. The number of nitrogens with two attached hydrogens (primary N) is 1. The van der Waals surface area contributed by atoms with Gasteiger partial charge >= 0.3 is 6.61 Å². The summed E-state index contributed by atoms with van der Waals surface area (Å²) in [5.41, 5.74) is 6.71. The highest BCUT2D eigenvalue weighted by Crippen LogP contribution is 2.35.